The van der Waals surface area contributed by atoms with E-state index >= 15 is 0 Å². The molecule has 3 aromatic carbocycles. The fraction of sp³-hybridized carbons (Fsp3) is 0.697. The number of esters is 1. The normalized spacial score (nSPS) is 11.2. The Morgan fingerprint density at radius 1 is 0.590 bits per heavy atom. The number of rotatable bonds is 60. The first-order valence-electron chi connectivity index (χ1n) is 43.2. The van der Waals surface area contributed by atoms with E-state index in [1.54, 1.807) is 47.7 Å². The third-order valence-corrected chi connectivity index (χ3v) is 17.0. The Bertz CT molecular complexity index is 2920. The summed E-state index contributed by atoms with van der Waals surface area (Å²) in [5.41, 5.74) is 75.2. The van der Waals surface area contributed by atoms with E-state index in [-0.39, 0.29) is 230 Å². The Kier molecular flexibility index (Phi) is 161. The number of hydrogen-bond donors (Lipinski definition) is 15. The first kappa shape index (κ1) is 169. The molecular formula is C89H173B5BrCu2N16O17SY3-3. The van der Waals surface area contributed by atoms with Crippen LogP contribution in [0.1, 0.15) is 231 Å². The van der Waals surface area contributed by atoms with Crippen molar-refractivity contribution < 1.29 is 214 Å². The quantitative estimate of drug-likeness (QED) is 0.00287. The Balaban J connectivity index is -0.0000000879. The smallest absolute Gasteiger partial charge is 0.679 e. The van der Waals surface area contributed by atoms with Gasteiger partial charge in [-0.2, -0.15) is 105 Å². The van der Waals surface area contributed by atoms with Crippen LogP contribution in [-0.4, -0.2) is 232 Å². The summed E-state index contributed by atoms with van der Waals surface area (Å²) in [6.07, 6.45) is 26.4. The number of aliphatic carboxylic acids is 1. The molecule has 773 valence electrons. The average Bonchev–Trinajstić information content (AvgIpc) is 0.888. The molecule has 0 saturated carbocycles. The molecule has 3 aromatic rings. The number of aryl methyl sites for hydroxylation is 1. The number of hydrogen-bond acceptors (Lipinski definition) is 28. The number of nitrogens with two attached hydrogens (primary N) is 11. The minimum atomic E-state index is -0.933. The first-order chi connectivity index (χ1) is 59.6. The van der Waals surface area contributed by atoms with E-state index in [0.29, 0.717) is 90.7 Å². The monoisotopic (exact) mass is 2300 g/mol. The van der Waals surface area contributed by atoms with Crippen molar-refractivity contribution >= 4 is 110 Å². The topological polar surface area (TPSA) is 601 Å². The molecule has 33 nitrogen and oxygen atoms in total. The maximum absolute atomic E-state index is 11.9. The number of carbonyl (C=O) groups excluding carboxylic acids is 6. The van der Waals surface area contributed by atoms with Crippen LogP contribution in [0.4, 0.5) is 4.79 Å². The van der Waals surface area contributed by atoms with Gasteiger partial charge in [0.05, 0.1) is 24.7 Å². The first-order valence-corrected chi connectivity index (χ1v) is 44.3. The molecule has 2 amide bonds. The van der Waals surface area contributed by atoms with Crippen LogP contribution in [0.25, 0.3) is 11.5 Å². The third kappa shape index (κ3) is 133. The molecule has 0 heterocycles. The van der Waals surface area contributed by atoms with Crippen molar-refractivity contribution in [3.05, 3.63) is 120 Å². The Morgan fingerprint density at radius 3 is 1.35 bits per heavy atom. The predicted molar refractivity (Wildman–Crippen MR) is 542 cm³/mol. The van der Waals surface area contributed by atoms with E-state index in [2.05, 4.69) is 73.6 Å². The van der Waals surface area contributed by atoms with E-state index in [1.165, 1.54) is 7.48 Å². The Hall–Kier alpha value is -1.46. The molecule has 0 aliphatic carbocycles. The number of aldehydes is 1. The van der Waals surface area contributed by atoms with Crippen LogP contribution in [0.3, 0.4) is 0 Å². The third-order valence-electron chi connectivity index (χ3n) is 16.5. The number of nitrogens with one attached hydrogen (secondary N) is 5. The van der Waals surface area contributed by atoms with Gasteiger partial charge in [-0.1, -0.05) is 139 Å². The summed E-state index contributed by atoms with van der Waals surface area (Å²) < 4.78 is 41.1. The predicted octanol–water partition coefficient (Wildman–Crippen LogP) is 10.1. The SMILES string of the molecule is C.C.CC(C)(C)OC(=O)CBr.COCOc1cc[c-]cc1CNCC(CCCCNC(=O)OC(C)(C)C)NCc1c[c-]ccc1OCOC.C[B]OOCB=O.Cc1cc[c-]cc1C=O.NCC(N)CCCCC[B]C=O.NCCCCC(N)C(=O)O.NCCCCC(N)C(N)=O.NCCCCC(N)CN.S.[B].[CH2-]C(C[NH-])CCCCC[B]C=O.[CH2-]C(C[NH-])CCCCN.[Cu+2].[Cu+2].[Y].[Y].[Y]. The number of amides is 2. The van der Waals surface area contributed by atoms with Gasteiger partial charge in [-0.3, -0.25) is 14.4 Å². The summed E-state index contributed by atoms with van der Waals surface area (Å²) in [4.78, 5) is 81.4. The Morgan fingerprint density at radius 2 is 0.993 bits per heavy atom. The summed E-state index contributed by atoms with van der Waals surface area (Å²) in [5, 5.41) is 18.6. The van der Waals surface area contributed by atoms with Crippen LogP contribution in [0.15, 0.2) is 54.6 Å². The van der Waals surface area contributed by atoms with E-state index in [0.717, 1.165) is 220 Å². The molecule has 0 aliphatic heterocycles. The second-order valence-electron chi connectivity index (χ2n) is 30.4. The van der Waals surface area contributed by atoms with Gasteiger partial charge >= 0.3 is 94.5 Å². The zero-order valence-corrected chi connectivity index (χ0v) is 93.8. The van der Waals surface area contributed by atoms with E-state index in [1.807, 2.05) is 90.9 Å². The number of ether oxygens (including phenoxy) is 6. The van der Waals surface area contributed by atoms with Gasteiger partial charge in [-0.25, -0.2) is 4.79 Å². The number of benzene rings is 3. The number of primary amides is 1. The van der Waals surface area contributed by atoms with Crippen LogP contribution in [0, 0.1) is 50.8 Å². The molecule has 0 aromatic heterocycles. The van der Waals surface area contributed by atoms with E-state index in [4.69, 9.17) is 108 Å². The average molecular weight is 2300 g/mol. The number of alkyl halides is 1. The minimum absolute atomic E-state index is 0. The van der Waals surface area contributed by atoms with Gasteiger partial charge in [0.25, 0.3) is 0 Å². The fourth-order valence-electron chi connectivity index (χ4n) is 9.49. The number of alkyl carbamates (subject to hydrolysis) is 1. The molecule has 28 N–H and O–H groups in total. The van der Waals surface area contributed by atoms with Crippen molar-refractivity contribution in [1.29, 1.82) is 0 Å². The van der Waals surface area contributed by atoms with Crippen LogP contribution >= 0.6 is 29.4 Å². The summed E-state index contributed by atoms with van der Waals surface area (Å²) in [7, 11) is 8.48. The second-order valence-corrected chi connectivity index (χ2v) is 31.0. The van der Waals surface area contributed by atoms with Crippen LogP contribution in [-0.2, 0) is 203 Å². The van der Waals surface area contributed by atoms with E-state index < -0.39 is 29.6 Å². The molecule has 7 atom stereocenters. The number of carboxylic acids is 1. The van der Waals surface area contributed by atoms with Gasteiger partial charge in [-0.05, 0) is 145 Å². The van der Waals surface area contributed by atoms with Gasteiger partial charge in [0.1, 0.15) is 22.6 Å². The summed E-state index contributed by atoms with van der Waals surface area (Å²) in [6.45, 7) is 30.0. The second kappa shape index (κ2) is 128. The summed E-state index contributed by atoms with van der Waals surface area (Å²) in [6, 6.07) is 25.0. The number of methoxy groups -OCH3 is 2. The molecule has 7 unspecified atom stereocenters. The maximum atomic E-state index is 11.9. The molecule has 0 bridgehead atoms. The molecule has 11 radical (unpaired) electrons. The molecular weight excluding hydrogens is 2120 g/mol. The molecule has 134 heavy (non-hydrogen) atoms. The van der Waals surface area contributed by atoms with Crippen LogP contribution < -0.4 is 88.5 Å². The van der Waals surface area contributed by atoms with Crippen LogP contribution in [0.2, 0.25) is 19.5 Å². The van der Waals surface area contributed by atoms with Crippen molar-refractivity contribution in [2.75, 3.05) is 105 Å². The fourth-order valence-corrected chi connectivity index (χ4v) is 9.61. The number of unbranched alkanes of at least 4 members (excludes halogenated alkanes) is 9. The van der Waals surface area contributed by atoms with Crippen molar-refractivity contribution in [2.45, 2.75) is 285 Å². The number of halogens is 1. The van der Waals surface area contributed by atoms with Gasteiger partial charge in [-0.15, -0.1) is 23.3 Å². The van der Waals surface area contributed by atoms with Crippen LogP contribution in [0.5, 0.6) is 11.5 Å². The molecule has 0 spiro atoms. The van der Waals surface area contributed by atoms with Crippen molar-refractivity contribution in [2.24, 2.45) is 74.9 Å². The van der Waals surface area contributed by atoms with Crippen molar-refractivity contribution in [1.82, 2.24) is 16.0 Å². The molecule has 45 heteroatoms. The minimum Gasteiger partial charge on any atom is -0.679 e. The van der Waals surface area contributed by atoms with Gasteiger partial charge in [0.2, 0.25) is 5.91 Å². The Labute approximate surface area is 926 Å². The molecule has 0 fully saturated rings. The summed E-state index contributed by atoms with van der Waals surface area (Å²) in [5.74, 6) is 0.565. The molecule has 3 rings (SSSR count). The number of carboxylic acid groups (broad SMARTS) is 1. The summed E-state index contributed by atoms with van der Waals surface area (Å²) >= 11 is 2.99. The van der Waals surface area contributed by atoms with Crippen molar-refractivity contribution in [3.63, 3.8) is 0 Å². The van der Waals surface area contributed by atoms with Crippen molar-refractivity contribution in [3.8, 4) is 11.5 Å². The van der Waals surface area contributed by atoms with Gasteiger partial charge in [0, 0.05) is 177 Å². The molecule has 0 aliphatic rings. The number of carbonyl (C=O) groups is 7. The molecule has 0 saturated heterocycles. The zero-order chi connectivity index (χ0) is 96.0. The largest absolute Gasteiger partial charge is 2.00 e. The standard InChI is InChI=1S/C29H43N3O6.C9H17BNO.C8H18BN2O.C8H7O.C7H16N2.C6H11BrO2.C6H15N3O.C6H17N3.C6H14N2O2.C2H5B2O3.2CH4.B.2Cu.H2S.3Y/c1-29(2,3)38-28(33)31-17-11-10-14-25(32-19-24-13-7-9-16-27(24)37-22-35-5)20-30-18-23-12-6-8-15-26(23)36-21-34-4;1-9(7-11)5-3-2-4-6-10-8-12;10-6-8(11)4-2-1-3-5-9-7-12;1-7-4-2-3-5-8(7)6-9;1-7(6-9)4-2-3-5-8;1-6(2,3)9-5(8)4-7;7-4-2-1-3-5(8)6(9)10;7-4-2-1-3-6(9)5-8;7-4-2-1-3-5(8)6(9)10;1-3-7-6-2-4-5;;;;;;;;;/h8-9,12-13,15-16,25,30,32H,10-11,14,17-22H2,1-5H3,(H,31,33);8-9,11H,1-7H2;7-8H,1-6,10-11H2;2,4-6H,1H3;7,9H,1-6,8H2;4H2,1-3H3;5H,1-4,7-8H2,(H2,9,10);6H,1-5,7-9H2;5H,1-4,7-8H2,(H,9,10);2H2,1H3;2*1H4;;;;1H2;;;/q2*-2;;-1;-2;;;;;;;;;2*+2;;;;. The van der Waals surface area contributed by atoms with Gasteiger partial charge < -0.3 is 152 Å². The maximum Gasteiger partial charge on any atom is 2.00 e. The van der Waals surface area contributed by atoms with E-state index in [9.17, 15) is 38.3 Å². The zero-order valence-electron chi connectivity index (χ0n) is 80.8. The van der Waals surface area contributed by atoms with Gasteiger partial charge in [0.15, 0.2) is 28.1 Å².